The second-order valence-corrected chi connectivity index (χ2v) is 8.81. The van der Waals surface area contributed by atoms with Gasteiger partial charge in [0.25, 0.3) is 5.56 Å². The molecule has 2 aromatic carbocycles. The molecule has 37 heavy (non-hydrogen) atoms. The molecule has 0 fully saturated rings. The third kappa shape index (κ3) is 4.53. The molecule has 0 radical (unpaired) electrons. The first kappa shape index (κ1) is 24.4. The number of nitrogens with zero attached hydrogens (tertiary/aromatic N) is 4. The fourth-order valence-electron chi connectivity index (χ4n) is 4.34. The summed E-state index contributed by atoms with van der Waals surface area (Å²) in [6, 6.07) is 13.2. The number of halogens is 1. The van der Waals surface area contributed by atoms with Crippen molar-refractivity contribution in [2.24, 2.45) is 4.99 Å². The van der Waals surface area contributed by atoms with E-state index in [0.29, 0.717) is 47.8 Å². The number of ether oxygens (including phenoxy) is 1. The van der Waals surface area contributed by atoms with Crippen LogP contribution in [-0.4, -0.2) is 32.1 Å². The minimum Gasteiger partial charge on any atom is -0.489 e. The highest BCUT2D eigenvalue weighted by Crippen LogP contribution is 2.28. The van der Waals surface area contributed by atoms with Crippen molar-refractivity contribution in [2.75, 3.05) is 6.61 Å². The minimum absolute atomic E-state index is 0.0528. The van der Waals surface area contributed by atoms with Crippen LogP contribution < -0.4 is 21.5 Å². The van der Waals surface area contributed by atoms with Gasteiger partial charge in [-0.25, -0.2) is 19.2 Å². The van der Waals surface area contributed by atoms with E-state index in [4.69, 9.17) is 9.57 Å². The van der Waals surface area contributed by atoms with Crippen molar-refractivity contribution in [1.82, 2.24) is 24.6 Å². The second kappa shape index (κ2) is 10.0. The predicted octanol–water partition coefficient (Wildman–Crippen LogP) is 3.31. The Hall–Kier alpha value is -4.25. The van der Waals surface area contributed by atoms with E-state index in [9.17, 15) is 14.0 Å². The summed E-state index contributed by atoms with van der Waals surface area (Å²) >= 11 is 0. The number of benzene rings is 2. The number of hydroxylamine groups is 1. The van der Waals surface area contributed by atoms with Crippen molar-refractivity contribution in [3.8, 4) is 17.1 Å². The molecule has 0 saturated heterocycles. The summed E-state index contributed by atoms with van der Waals surface area (Å²) in [6.07, 6.45) is 2.66. The van der Waals surface area contributed by atoms with Gasteiger partial charge in [0.15, 0.2) is 12.0 Å². The van der Waals surface area contributed by atoms with Gasteiger partial charge in [-0.1, -0.05) is 26.0 Å². The van der Waals surface area contributed by atoms with Crippen LogP contribution in [0.15, 0.2) is 63.1 Å². The van der Waals surface area contributed by atoms with Crippen LogP contribution in [0, 0.1) is 5.82 Å². The Morgan fingerprint density at radius 1 is 1.05 bits per heavy atom. The number of aromatic amines is 1. The number of aliphatic imine (C=N–C) groups is 1. The number of nitrogens with one attached hydrogen (secondary N) is 2. The standard InChI is InChI=1S/C26H27FN6O4/c1-3-12-32-23-21(24(34)33(13-4-2)25(32)35)29-22(30-23)17-8-10-20(11-9-17)36-15-26(28-16-37-31-26)18-6-5-7-19(27)14-18/h5-11,14,16,31H,3-4,12-13,15H2,1-2H3,(H,29,30). The summed E-state index contributed by atoms with van der Waals surface area (Å²) in [5, 5.41) is 0. The molecule has 0 amide bonds. The Labute approximate surface area is 211 Å². The molecule has 2 N–H and O–H groups in total. The molecule has 1 aliphatic rings. The molecule has 11 heteroatoms. The lowest BCUT2D eigenvalue weighted by Gasteiger charge is -2.25. The Morgan fingerprint density at radius 3 is 2.49 bits per heavy atom. The molecule has 0 aliphatic carbocycles. The molecule has 1 atom stereocenters. The summed E-state index contributed by atoms with van der Waals surface area (Å²) in [5.41, 5.74) is 2.92. The SMILES string of the molecule is CCCn1c(=O)c2[nH]c(-c3ccc(OCC4(c5cccc(F)c5)N=CON4)cc3)nc2n(CCC)c1=O. The Morgan fingerprint density at radius 2 is 1.81 bits per heavy atom. The van der Waals surface area contributed by atoms with Gasteiger partial charge in [0.2, 0.25) is 5.66 Å². The number of rotatable bonds is 9. The second-order valence-electron chi connectivity index (χ2n) is 8.81. The van der Waals surface area contributed by atoms with Crippen LogP contribution in [0.25, 0.3) is 22.6 Å². The van der Waals surface area contributed by atoms with E-state index in [1.807, 2.05) is 13.8 Å². The zero-order chi connectivity index (χ0) is 26.0. The number of aromatic nitrogens is 4. The normalized spacial score (nSPS) is 16.8. The Kier molecular flexibility index (Phi) is 6.62. The van der Waals surface area contributed by atoms with Gasteiger partial charge in [0.05, 0.1) is 0 Å². The quantitative estimate of drug-likeness (QED) is 0.360. The lowest BCUT2D eigenvalue weighted by Crippen LogP contribution is -2.41. The summed E-state index contributed by atoms with van der Waals surface area (Å²) in [5.74, 6) is 0.637. The van der Waals surface area contributed by atoms with E-state index < -0.39 is 5.66 Å². The third-order valence-electron chi connectivity index (χ3n) is 6.19. The summed E-state index contributed by atoms with van der Waals surface area (Å²) in [6.45, 7) is 4.75. The van der Waals surface area contributed by atoms with Crippen LogP contribution in [-0.2, 0) is 23.6 Å². The zero-order valence-electron chi connectivity index (χ0n) is 20.5. The molecule has 2 aromatic heterocycles. The molecule has 192 valence electrons. The summed E-state index contributed by atoms with van der Waals surface area (Å²) in [4.78, 5) is 43.0. The topological polar surface area (TPSA) is 116 Å². The van der Waals surface area contributed by atoms with Crippen molar-refractivity contribution in [2.45, 2.75) is 45.4 Å². The van der Waals surface area contributed by atoms with Crippen molar-refractivity contribution in [3.05, 3.63) is 80.7 Å². The van der Waals surface area contributed by atoms with E-state index in [2.05, 4.69) is 20.4 Å². The molecule has 1 unspecified atom stereocenters. The van der Waals surface area contributed by atoms with Crippen LogP contribution in [0.5, 0.6) is 5.75 Å². The molecular formula is C26H27FN6O4. The maximum absolute atomic E-state index is 13.8. The number of imidazole rings is 1. The fourth-order valence-corrected chi connectivity index (χ4v) is 4.34. The smallest absolute Gasteiger partial charge is 0.332 e. The summed E-state index contributed by atoms with van der Waals surface area (Å²) < 4.78 is 22.6. The largest absolute Gasteiger partial charge is 0.489 e. The number of fused-ring (bicyclic) bond motifs is 1. The third-order valence-corrected chi connectivity index (χ3v) is 6.19. The van der Waals surface area contributed by atoms with Gasteiger partial charge in [-0.15, -0.1) is 5.48 Å². The molecule has 5 rings (SSSR count). The van der Waals surface area contributed by atoms with Crippen molar-refractivity contribution >= 4 is 17.6 Å². The minimum atomic E-state index is -1.08. The van der Waals surface area contributed by atoms with Crippen LogP contribution in [0.1, 0.15) is 32.3 Å². The van der Waals surface area contributed by atoms with Crippen LogP contribution >= 0.6 is 0 Å². The van der Waals surface area contributed by atoms with E-state index in [0.717, 1.165) is 12.0 Å². The molecule has 10 nitrogen and oxygen atoms in total. The predicted molar refractivity (Wildman–Crippen MR) is 137 cm³/mol. The average molecular weight is 507 g/mol. The van der Waals surface area contributed by atoms with Crippen molar-refractivity contribution < 1.29 is 14.0 Å². The Bertz CT molecular complexity index is 1570. The first-order chi connectivity index (χ1) is 18.0. The molecule has 3 heterocycles. The van der Waals surface area contributed by atoms with Gasteiger partial charge in [-0.05, 0) is 49.2 Å². The maximum Gasteiger partial charge on any atom is 0.332 e. The lowest BCUT2D eigenvalue weighted by molar-refractivity contribution is 0.0796. The molecular weight excluding hydrogens is 479 g/mol. The van der Waals surface area contributed by atoms with E-state index in [1.54, 1.807) is 41.0 Å². The van der Waals surface area contributed by atoms with Gasteiger partial charge >= 0.3 is 5.69 Å². The number of hydrogen-bond donors (Lipinski definition) is 2. The highest BCUT2D eigenvalue weighted by atomic mass is 19.1. The van der Waals surface area contributed by atoms with Crippen molar-refractivity contribution in [1.29, 1.82) is 0 Å². The highest BCUT2D eigenvalue weighted by Gasteiger charge is 2.37. The Balaban J connectivity index is 1.42. The fraction of sp³-hybridized carbons (Fsp3) is 0.308. The van der Waals surface area contributed by atoms with Crippen LogP contribution in [0.2, 0.25) is 0 Å². The first-order valence-corrected chi connectivity index (χ1v) is 12.1. The molecule has 1 aliphatic heterocycles. The number of aryl methyl sites for hydroxylation is 1. The van der Waals surface area contributed by atoms with E-state index in [1.165, 1.54) is 23.1 Å². The van der Waals surface area contributed by atoms with Gasteiger partial charge in [0.1, 0.15) is 29.5 Å². The summed E-state index contributed by atoms with van der Waals surface area (Å²) in [7, 11) is 0. The van der Waals surface area contributed by atoms with Crippen LogP contribution in [0.3, 0.4) is 0 Å². The number of hydrogen-bond acceptors (Lipinski definition) is 7. The average Bonchev–Trinajstić information content (AvgIpc) is 3.57. The molecule has 4 aromatic rings. The molecule has 0 spiro atoms. The first-order valence-electron chi connectivity index (χ1n) is 12.1. The zero-order valence-corrected chi connectivity index (χ0v) is 20.5. The van der Waals surface area contributed by atoms with Crippen molar-refractivity contribution in [3.63, 3.8) is 0 Å². The van der Waals surface area contributed by atoms with Gasteiger partial charge < -0.3 is 14.6 Å². The van der Waals surface area contributed by atoms with Gasteiger partial charge in [0, 0.05) is 24.2 Å². The molecule has 0 bridgehead atoms. The van der Waals surface area contributed by atoms with Crippen LogP contribution in [0.4, 0.5) is 4.39 Å². The lowest BCUT2D eigenvalue weighted by atomic mass is 10.0. The maximum atomic E-state index is 13.8. The van der Waals surface area contributed by atoms with E-state index >= 15 is 0 Å². The van der Waals surface area contributed by atoms with E-state index in [-0.39, 0.29) is 23.7 Å². The van der Waals surface area contributed by atoms with Gasteiger partial charge in [-0.3, -0.25) is 13.9 Å². The molecule has 0 saturated carbocycles. The van der Waals surface area contributed by atoms with Gasteiger partial charge in [-0.2, -0.15) is 0 Å². The highest BCUT2D eigenvalue weighted by molar-refractivity contribution is 5.75. The number of H-pyrrole nitrogens is 1. The monoisotopic (exact) mass is 506 g/mol.